The van der Waals surface area contributed by atoms with Gasteiger partial charge in [0.15, 0.2) is 0 Å². The van der Waals surface area contributed by atoms with Gasteiger partial charge in [-0.3, -0.25) is 4.79 Å². The fraction of sp³-hybridized carbons (Fsp3) is 0.278. The highest BCUT2D eigenvalue weighted by Gasteiger charge is 2.22. The molecule has 0 aromatic heterocycles. The molecule has 0 bridgehead atoms. The van der Waals surface area contributed by atoms with Crippen LogP contribution in [0.3, 0.4) is 0 Å². The molecule has 0 N–H and O–H groups in total. The molecule has 0 aliphatic rings. The summed E-state index contributed by atoms with van der Waals surface area (Å²) in [5.41, 5.74) is 5.87. The summed E-state index contributed by atoms with van der Waals surface area (Å²) in [6.07, 6.45) is 0. The van der Waals surface area contributed by atoms with Crippen molar-refractivity contribution in [3.05, 3.63) is 70.3 Å². The maximum atomic E-state index is 12.1. The van der Waals surface area contributed by atoms with E-state index in [1.165, 1.54) is 16.7 Å². The van der Waals surface area contributed by atoms with Gasteiger partial charge in [0.05, 0.1) is 5.92 Å². The van der Waals surface area contributed by atoms with Crippen molar-refractivity contribution in [2.75, 3.05) is 0 Å². The topological polar surface area (TPSA) is 17.1 Å². The Morgan fingerprint density at radius 2 is 1.47 bits per heavy atom. The van der Waals surface area contributed by atoms with Crippen LogP contribution in [0.2, 0.25) is 0 Å². The Kier molecular flexibility index (Phi) is 3.84. The molecule has 0 heterocycles. The lowest BCUT2D eigenvalue weighted by atomic mass is 9.82. The average molecular weight is 252 g/mol. The lowest BCUT2D eigenvalue weighted by Crippen LogP contribution is -2.13. The van der Waals surface area contributed by atoms with Crippen LogP contribution in [-0.2, 0) is 4.79 Å². The maximum Gasteiger partial charge on any atom is 0.141 e. The first-order valence-corrected chi connectivity index (χ1v) is 6.64. The van der Waals surface area contributed by atoms with Gasteiger partial charge in [0.25, 0.3) is 0 Å². The fourth-order valence-corrected chi connectivity index (χ4v) is 2.90. The summed E-state index contributed by atoms with van der Waals surface area (Å²) in [4.78, 5) is 12.1. The van der Waals surface area contributed by atoms with Crippen LogP contribution in [0.15, 0.2) is 42.5 Å². The number of aryl methyl sites for hydroxylation is 3. The van der Waals surface area contributed by atoms with Crippen LogP contribution in [0, 0.1) is 20.8 Å². The second kappa shape index (κ2) is 5.40. The summed E-state index contributed by atoms with van der Waals surface area (Å²) in [6.45, 7) is 7.95. The van der Waals surface area contributed by atoms with Crippen LogP contribution in [0.1, 0.15) is 40.7 Å². The number of rotatable bonds is 3. The molecule has 0 fully saturated rings. The summed E-state index contributed by atoms with van der Waals surface area (Å²) < 4.78 is 0. The van der Waals surface area contributed by atoms with Crippen LogP contribution in [0.5, 0.6) is 0 Å². The molecule has 2 aromatic rings. The smallest absolute Gasteiger partial charge is 0.141 e. The van der Waals surface area contributed by atoms with E-state index in [4.69, 9.17) is 0 Å². The Bertz CT molecular complexity index is 573. The quantitative estimate of drug-likeness (QED) is 0.794. The number of hydrogen-bond donors (Lipinski definition) is 0. The first-order valence-electron chi connectivity index (χ1n) is 6.64. The molecule has 0 radical (unpaired) electrons. The van der Waals surface area contributed by atoms with E-state index in [-0.39, 0.29) is 11.7 Å². The zero-order chi connectivity index (χ0) is 14.0. The highest BCUT2D eigenvalue weighted by molar-refractivity contribution is 5.87. The van der Waals surface area contributed by atoms with Crippen molar-refractivity contribution in [2.24, 2.45) is 0 Å². The Hall–Kier alpha value is -1.89. The van der Waals surface area contributed by atoms with E-state index in [0.29, 0.717) is 0 Å². The Balaban J connectivity index is 2.62. The number of ketones is 1. The van der Waals surface area contributed by atoms with Gasteiger partial charge in [0, 0.05) is 0 Å². The zero-order valence-electron chi connectivity index (χ0n) is 12.0. The predicted molar refractivity (Wildman–Crippen MR) is 79.6 cm³/mol. The molecular weight excluding hydrogens is 232 g/mol. The normalized spacial score (nSPS) is 12.2. The number of hydrogen-bond acceptors (Lipinski definition) is 1. The number of carbonyl (C=O) groups is 1. The number of Topliss-reactive ketones (excluding diaryl/α,β-unsaturated/α-hetero) is 1. The van der Waals surface area contributed by atoms with Gasteiger partial charge in [-0.05, 0) is 49.9 Å². The summed E-state index contributed by atoms with van der Waals surface area (Å²) in [5.74, 6) is 0.0445. The minimum Gasteiger partial charge on any atom is -0.299 e. The molecule has 2 rings (SSSR count). The molecule has 98 valence electrons. The summed E-state index contributed by atoms with van der Waals surface area (Å²) in [6, 6.07) is 14.3. The Morgan fingerprint density at radius 3 is 1.95 bits per heavy atom. The minimum atomic E-state index is -0.151. The lowest BCUT2D eigenvalue weighted by molar-refractivity contribution is -0.117. The first-order chi connectivity index (χ1) is 9.00. The van der Waals surface area contributed by atoms with Crippen molar-refractivity contribution in [3.63, 3.8) is 0 Å². The third-order valence-corrected chi connectivity index (χ3v) is 3.57. The highest BCUT2D eigenvalue weighted by Crippen LogP contribution is 2.31. The van der Waals surface area contributed by atoms with Gasteiger partial charge in [0.2, 0.25) is 0 Å². The van der Waals surface area contributed by atoms with E-state index in [9.17, 15) is 4.79 Å². The fourth-order valence-electron chi connectivity index (χ4n) is 2.90. The van der Waals surface area contributed by atoms with Gasteiger partial charge in [0.1, 0.15) is 5.78 Å². The van der Waals surface area contributed by atoms with Gasteiger partial charge < -0.3 is 0 Å². The van der Waals surface area contributed by atoms with Crippen LogP contribution < -0.4 is 0 Å². The van der Waals surface area contributed by atoms with Crippen molar-refractivity contribution in [2.45, 2.75) is 33.6 Å². The molecule has 0 amide bonds. The van der Waals surface area contributed by atoms with E-state index in [2.05, 4.69) is 32.9 Å². The SMILES string of the molecule is CC(=O)[C@@H](c1ccccc1)c1c(C)cc(C)cc1C. The van der Waals surface area contributed by atoms with E-state index in [1.807, 2.05) is 30.3 Å². The van der Waals surface area contributed by atoms with E-state index in [1.54, 1.807) is 6.92 Å². The van der Waals surface area contributed by atoms with Crippen molar-refractivity contribution in [3.8, 4) is 0 Å². The van der Waals surface area contributed by atoms with E-state index < -0.39 is 0 Å². The third-order valence-electron chi connectivity index (χ3n) is 3.57. The summed E-state index contributed by atoms with van der Waals surface area (Å²) >= 11 is 0. The highest BCUT2D eigenvalue weighted by atomic mass is 16.1. The van der Waals surface area contributed by atoms with Gasteiger partial charge in [-0.1, -0.05) is 48.0 Å². The van der Waals surface area contributed by atoms with E-state index in [0.717, 1.165) is 11.1 Å². The van der Waals surface area contributed by atoms with Crippen molar-refractivity contribution in [1.82, 2.24) is 0 Å². The monoisotopic (exact) mass is 252 g/mol. The molecule has 0 saturated heterocycles. The molecular formula is C18H20O. The van der Waals surface area contributed by atoms with Gasteiger partial charge in [-0.15, -0.1) is 0 Å². The lowest BCUT2D eigenvalue weighted by Gasteiger charge is -2.20. The Morgan fingerprint density at radius 1 is 0.947 bits per heavy atom. The molecule has 0 saturated carbocycles. The zero-order valence-corrected chi connectivity index (χ0v) is 12.0. The van der Waals surface area contributed by atoms with Crippen LogP contribution in [-0.4, -0.2) is 5.78 Å². The average Bonchev–Trinajstić information content (AvgIpc) is 2.34. The van der Waals surface area contributed by atoms with Crippen molar-refractivity contribution >= 4 is 5.78 Å². The minimum absolute atomic E-state index is 0.151. The Labute approximate surface area is 115 Å². The molecule has 2 aromatic carbocycles. The molecule has 1 nitrogen and oxygen atoms in total. The van der Waals surface area contributed by atoms with Crippen LogP contribution in [0.4, 0.5) is 0 Å². The summed E-state index contributed by atoms with van der Waals surface area (Å²) in [7, 11) is 0. The predicted octanol–water partition coefficient (Wildman–Crippen LogP) is 4.33. The number of benzene rings is 2. The molecule has 1 atom stereocenters. The molecule has 0 aliphatic heterocycles. The summed E-state index contributed by atoms with van der Waals surface area (Å²) in [5, 5.41) is 0. The molecule has 0 aliphatic carbocycles. The van der Waals surface area contributed by atoms with Crippen molar-refractivity contribution < 1.29 is 4.79 Å². The second-order valence-electron chi connectivity index (χ2n) is 5.27. The van der Waals surface area contributed by atoms with Crippen LogP contribution in [0.25, 0.3) is 0 Å². The van der Waals surface area contributed by atoms with E-state index >= 15 is 0 Å². The first kappa shape index (κ1) is 13.5. The maximum absolute atomic E-state index is 12.1. The number of carbonyl (C=O) groups excluding carboxylic acids is 1. The molecule has 0 unspecified atom stereocenters. The molecule has 1 heteroatoms. The van der Waals surface area contributed by atoms with Crippen molar-refractivity contribution in [1.29, 1.82) is 0 Å². The molecule has 19 heavy (non-hydrogen) atoms. The van der Waals surface area contributed by atoms with Gasteiger partial charge in [-0.25, -0.2) is 0 Å². The standard InChI is InChI=1S/C18H20O/c1-12-10-13(2)17(14(3)11-12)18(15(4)19)16-8-6-5-7-9-16/h5-11,18H,1-4H3/t18-/m0/s1. The third kappa shape index (κ3) is 2.76. The van der Waals surface area contributed by atoms with Gasteiger partial charge in [-0.2, -0.15) is 0 Å². The van der Waals surface area contributed by atoms with Gasteiger partial charge >= 0.3 is 0 Å². The second-order valence-corrected chi connectivity index (χ2v) is 5.27. The van der Waals surface area contributed by atoms with Crippen LogP contribution >= 0.6 is 0 Å². The molecule has 0 spiro atoms. The largest absolute Gasteiger partial charge is 0.299 e.